The average molecular weight is 469 g/mol. The molecule has 3 fully saturated rings. The predicted molar refractivity (Wildman–Crippen MR) is 134 cm³/mol. The lowest BCUT2D eigenvalue weighted by Gasteiger charge is -2.30. The van der Waals surface area contributed by atoms with E-state index in [-0.39, 0.29) is 17.5 Å². The van der Waals surface area contributed by atoms with Gasteiger partial charge in [0.2, 0.25) is 0 Å². The van der Waals surface area contributed by atoms with E-state index in [9.17, 15) is 9.59 Å². The van der Waals surface area contributed by atoms with Gasteiger partial charge in [0.1, 0.15) is 15.8 Å². The number of piperidine rings is 1. The Kier molecular flexibility index (Phi) is 6.07. The second-order valence-corrected chi connectivity index (χ2v) is 10.6. The van der Waals surface area contributed by atoms with Crippen LogP contribution in [0.3, 0.4) is 0 Å². The molecule has 1 aliphatic carbocycles. The molecule has 3 aliphatic rings. The Morgan fingerprint density at radius 3 is 2.56 bits per heavy atom. The summed E-state index contributed by atoms with van der Waals surface area (Å²) in [6.07, 6.45) is 12.3. The van der Waals surface area contributed by atoms with Gasteiger partial charge < -0.3 is 4.90 Å². The number of aryl methyl sites for hydroxylation is 1. The number of anilines is 1. The van der Waals surface area contributed by atoms with Crippen LogP contribution < -0.4 is 10.5 Å². The number of aromatic nitrogens is 2. The number of fused-ring (bicyclic) bond motifs is 1. The fraction of sp³-hybridized carbons (Fsp3) is 0.500. The maximum atomic E-state index is 13.6. The molecule has 168 valence electrons. The first-order valence-electron chi connectivity index (χ1n) is 11.6. The van der Waals surface area contributed by atoms with Crippen molar-refractivity contribution in [1.82, 2.24) is 14.3 Å². The molecule has 0 atom stereocenters. The van der Waals surface area contributed by atoms with Gasteiger partial charge >= 0.3 is 0 Å². The van der Waals surface area contributed by atoms with Crippen molar-refractivity contribution in [3.63, 3.8) is 0 Å². The Balaban J connectivity index is 1.60. The monoisotopic (exact) mass is 468 g/mol. The SMILES string of the molecule is Cc1cccn2c(=O)c(/C=C3\SC(=S)N(C4CCCCC4)C3=O)c(N3CCCCC3)nc12. The van der Waals surface area contributed by atoms with Gasteiger partial charge in [-0.15, -0.1) is 0 Å². The smallest absolute Gasteiger partial charge is 0.267 e. The number of carbonyl (C=O) groups excluding carboxylic acids is 1. The topological polar surface area (TPSA) is 57.9 Å². The molecule has 2 aromatic rings. The number of rotatable bonds is 3. The summed E-state index contributed by atoms with van der Waals surface area (Å²) < 4.78 is 2.20. The summed E-state index contributed by atoms with van der Waals surface area (Å²) in [4.78, 5) is 36.4. The van der Waals surface area contributed by atoms with E-state index >= 15 is 0 Å². The van der Waals surface area contributed by atoms with Crippen LogP contribution in [0, 0.1) is 6.92 Å². The molecule has 0 unspecified atom stereocenters. The molecular weight excluding hydrogens is 440 g/mol. The molecule has 8 heteroatoms. The molecule has 0 bridgehead atoms. The van der Waals surface area contributed by atoms with Crippen molar-refractivity contribution < 1.29 is 4.79 Å². The number of hydrogen-bond acceptors (Lipinski definition) is 6. The van der Waals surface area contributed by atoms with Crippen LogP contribution in [0.5, 0.6) is 0 Å². The number of thioether (sulfide) groups is 1. The van der Waals surface area contributed by atoms with Gasteiger partial charge in [-0.25, -0.2) is 4.98 Å². The summed E-state index contributed by atoms with van der Waals surface area (Å²) in [5, 5.41) is 0. The first-order valence-corrected chi connectivity index (χ1v) is 12.8. The second-order valence-electron chi connectivity index (χ2n) is 8.93. The number of thiocarbonyl (C=S) groups is 1. The molecule has 6 nitrogen and oxygen atoms in total. The third-order valence-electron chi connectivity index (χ3n) is 6.76. The Bertz CT molecular complexity index is 1160. The van der Waals surface area contributed by atoms with Crippen LogP contribution >= 0.6 is 24.0 Å². The van der Waals surface area contributed by atoms with E-state index in [0.29, 0.717) is 26.3 Å². The summed E-state index contributed by atoms with van der Waals surface area (Å²) >= 11 is 6.91. The van der Waals surface area contributed by atoms with Crippen LogP contribution in [0.1, 0.15) is 62.5 Å². The summed E-state index contributed by atoms with van der Waals surface area (Å²) in [7, 11) is 0. The van der Waals surface area contributed by atoms with E-state index in [0.717, 1.165) is 57.2 Å². The van der Waals surface area contributed by atoms with Gasteiger partial charge in [0, 0.05) is 25.3 Å². The first-order chi connectivity index (χ1) is 15.5. The molecule has 5 rings (SSSR count). The standard InChI is InChI=1S/C24H28N4O2S2/c1-16-9-8-14-27-20(16)25-21(26-12-6-3-7-13-26)18(22(27)29)15-19-23(30)28(24(31)32-19)17-10-4-2-5-11-17/h8-9,14-15,17H,2-7,10-13H2,1H3/b19-15-. The largest absolute Gasteiger partial charge is 0.356 e. The van der Waals surface area contributed by atoms with Crippen molar-refractivity contribution in [1.29, 1.82) is 0 Å². The minimum absolute atomic E-state index is 0.0646. The lowest BCUT2D eigenvalue weighted by Crippen LogP contribution is -2.39. The molecule has 32 heavy (non-hydrogen) atoms. The number of nitrogens with zero attached hydrogens (tertiary/aromatic N) is 4. The summed E-state index contributed by atoms with van der Waals surface area (Å²) in [5.41, 5.74) is 1.98. The average Bonchev–Trinajstić information content (AvgIpc) is 3.10. The minimum Gasteiger partial charge on any atom is -0.356 e. The van der Waals surface area contributed by atoms with Crippen molar-refractivity contribution in [2.45, 2.75) is 64.3 Å². The molecule has 0 aromatic carbocycles. The van der Waals surface area contributed by atoms with Crippen LogP contribution in [0.4, 0.5) is 5.82 Å². The molecule has 0 N–H and O–H groups in total. The van der Waals surface area contributed by atoms with E-state index in [4.69, 9.17) is 17.2 Å². The fourth-order valence-electron chi connectivity index (χ4n) is 5.04. The van der Waals surface area contributed by atoms with Gasteiger partial charge in [0.05, 0.1) is 10.5 Å². The van der Waals surface area contributed by atoms with E-state index in [2.05, 4.69) is 4.90 Å². The molecule has 4 heterocycles. The number of pyridine rings is 1. The van der Waals surface area contributed by atoms with Crippen molar-refractivity contribution in [2.24, 2.45) is 0 Å². The normalized spacial score (nSPS) is 21.8. The minimum atomic E-state index is -0.137. The molecule has 2 aromatic heterocycles. The zero-order valence-corrected chi connectivity index (χ0v) is 20.0. The van der Waals surface area contributed by atoms with Gasteiger partial charge in [0.15, 0.2) is 0 Å². The van der Waals surface area contributed by atoms with E-state index in [1.165, 1.54) is 24.6 Å². The van der Waals surface area contributed by atoms with Gasteiger partial charge in [-0.1, -0.05) is 49.3 Å². The van der Waals surface area contributed by atoms with Gasteiger partial charge in [-0.05, 0) is 56.7 Å². The van der Waals surface area contributed by atoms with Crippen LogP contribution in [-0.2, 0) is 4.79 Å². The van der Waals surface area contributed by atoms with Crippen LogP contribution in [0.15, 0.2) is 28.0 Å². The van der Waals surface area contributed by atoms with Crippen molar-refractivity contribution in [2.75, 3.05) is 18.0 Å². The van der Waals surface area contributed by atoms with Gasteiger partial charge in [-0.3, -0.25) is 18.9 Å². The number of hydrogen-bond donors (Lipinski definition) is 0. The van der Waals surface area contributed by atoms with Crippen molar-refractivity contribution in [3.8, 4) is 0 Å². The fourth-order valence-corrected chi connectivity index (χ4v) is 6.42. The first kappa shape index (κ1) is 21.6. The zero-order chi connectivity index (χ0) is 22.2. The summed E-state index contributed by atoms with van der Waals surface area (Å²) in [6.45, 7) is 3.72. The molecule has 0 radical (unpaired) electrons. The summed E-state index contributed by atoms with van der Waals surface area (Å²) in [6, 6.07) is 4.01. The van der Waals surface area contributed by atoms with Crippen molar-refractivity contribution >= 4 is 51.7 Å². The highest BCUT2D eigenvalue weighted by Gasteiger charge is 2.38. The molecule has 0 spiro atoms. The molecule has 1 amide bonds. The third-order valence-corrected chi connectivity index (χ3v) is 8.09. The lowest BCUT2D eigenvalue weighted by molar-refractivity contribution is -0.124. The zero-order valence-electron chi connectivity index (χ0n) is 18.4. The molecule has 2 saturated heterocycles. The lowest BCUT2D eigenvalue weighted by atomic mass is 9.94. The third kappa shape index (κ3) is 3.88. The second kappa shape index (κ2) is 8.98. The Labute approximate surface area is 197 Å². The number of amides is 1. The highest BCUT2D eigenvalue weighted by Crippen LogP contribution is 2.38. The quantitative estimate of drug-likeness (QED) is 0.487. The Morgan fingerprint density at radius 2 is 1.81 bits per heavy atom. The Hall–Kier alpha value is -2.19. The van der Waals surface area contributed by atoms with Crippen LogP contribution in [0.25, 0.3) is 11.7 Å². The van der Waals surface area contributed by atoms with Crippen LogP contribution in [-0.4, -0.2) is 43.6 Å². The predicted octanol–water partition coefficient (Wildman–Crippen LogP) is 4.53. The molecule has 2 aliphatic heterocycles. The van der Waals surface area contributed by atoms with Gasteiger partial charge in [0.25, 0.3) is 11.5 Å². The van der Waals surface area contributed by atoms with E-state index < -0.39 is 0 Å². The highest BCUT2D eigenvalue weighted by atomic mass is 32.2. The summed E-state index contributed by atoms with van der Waals surface area (Å²) in [5.74, 6) is 0.622. The number of carbonyl (C=O) groups is 1. The van der Waals surface area contributed by atoms with Crippen LogP contribution in [0.2, 0.25) is 0 Å². The molecule has 1 saturated carbocycles. The highest BCUT2D eigenvalue weighted by molar-refractivity contribution is 8.26. The van der Waals surface area contributed by atoms with E-state index in [1.54, 1.807) is 21.6 Å². The maximum absolute atomic E-state index is 13.6. The Morgan fingerprint density at radius 1 is 1.09 bits per heavy atom. The maximum Gasteiger partial charge on any atom is 0.267 e. The van der Waals surface area contributed by atoms with Crippen molar-refractivity contribution in [3.05, 3.63) is 44.7 Å². The van der Waals surface area contributed by atoms with Gasteiger partial charge in [-0.2, -0.15) is 0 Å². The van der Waals surface area contributed by atoms with E-state index in [1.807, 2.05) is 19.1 Å². The molecular formula is C24H28N4O2S2.